The van der Waals surface area contributed by atoms with Gasteiger partial charge < -0.3 is 9.47 Å². The first-order valence-corrected chi connectivity index (χ1v) is 6.70. The fourth-order valence-electron chi connectivity index (χ4n) is 1.41. The van der Waals surface area contributed by atoms with Crippen LogP contribution in [0.1, 0.15) is 19.8 Å². The molecule has 0 radical (unpaired) electrons. The van der Waals surface area contributed by atoms with Gasteiger partial charge in [-0.15, -0.1) is 0 Å². The van der Waals surface area contributed by atoms with Gasteiger partial charge in [0.15, 0.2) is 9.84 Å². The van der Waals surface area contributed by atoms with E-state index >= 15 is 0 Å². The van der Waals surface area contributed by atoms with E-state index in [1.165, 1.54) is 0 Å². The van der Waals surface area contributed by atoms with Crippen molar-refractivity contribution in [1.82, 2.24) is 0 Å². The van der Waals surface area contributed by atoms with Crippen LogP contribution in [0.2, 0.25) is 0 Å². The Morgan fingerprint density at radius 3 is 2.71 bits per heavy atom. The molecule has 1 aliphatic rings. The minimum Gasteiger partial charge on any atom is -0.382 e. The number of sulfone groups is 1. The zero-order valence-electron chi connectivity index (χ0n) is 8.73. The van der Waals surface area contributed by atoms with Crippen molar-refractivity contribution in [2.45, 2.75) is 32.0 Å². The van der Waals surface area contributed by atoms with E-state index in [1.54, 1.807) is 7.11 Å². The maximum atomic E-state index is 11.1. The molecule has 0 spiro atoms. The minimum absolute atomic E-state index is 0.0935. The molecule has 0 amide bonds. The topological polar surface area (TPSA) is 52.6 Å². The highest BCUT2D eigenvalue weighted by atomic mass is 32.2. The van der Waals surface area contributed by atoms with Gasteiger partial charge in [0.1, 0.15) is 0 Å². The molecular formula is C9H18O4S. The molecule has 0 N–H and O–H groups in total. The quantitative estimate of drug-likeness (QED) is 0.684. The molecular weight excluding hydrogens is 204 g/mol. The average molecular weight is 222 g/mol. The molecule has 1 saturated heterocycles. The van der Waals surface area contributed by atoms with Gasteiger partial charge in [-0.25, -0.2) is 8.42 Å². The highest BCUT2D eigenvalue weighted by Crippen LogP contribution is 2.15. The summed E-state index contributed by atoms with van der Waals surface area (Å²) in [5.41, 5.74) is 0. The lowest BCUT2D eigenvalue weighted by Gasteiger charge is -2.12. The third-order valence-corrected chi connectivity index (χ3v) is 4.21. The van der Waals surface area contributed by atoms with Gasteiger partial charge in [0, 0.05) is 13.7 Å². The van der Waals surface area contributed by atoms with Gasteiger partial charge in [0.25, 0.3) is 0 Å². The van der Waals surface area contributed by atoms with E-state index in [9.17, 15) is 8.42 Å². The van der Waals surface area contributed by atoms with Crippen LogP contribution in [0.25, 0.3) is 0 Å². The Balaban J connectivity index is 2.15. The van der Waals surface area contributed by atoms with E-state index in [-0.39, 0.29) is 23.7 Å². The van der Waals surface area contributed by atoms with Crippen LogP contribution in [0.5, 0.6) is 0 Å². The molecule has 1 aliphatic heterocycles. The highest BCUT2D eigenvalue weighted by molar-refractivity contribution is 7.91. The number of hydrogen-bond donors (Lipinski definition) is 0. The second kappa shape index (κ2) is 5.09. The van der Waals surface area contributed by atoms with E-state index < -0.39 is 9.84 Å². The Bertz CT molecular complexity index is 260. The summed E-state index contributed by atoms with van der Waals surface area (Å²) in [5, 5.41) is 0. The molecule has 5 heteroatoms. The van der Waals surface area contributed by atoms with Gasteiger partial charge >= 0.3 is 0 Å². The second-order valence-electron chi connectivity index (χ2n) is 3.73. The van der Waals surface area contributed by atoms with Crippen molar-refractivity contribution in [3.05, 3.63) is 0 Å². The lowest BCUT2D eigenvalue weighted by molar-refractivity contribution is 0.0314. The summed E-state index contributed by atoms with van der Waals surface area (Å²) in [7, 11) is -1.15. The van der Waals surface area contributed by atoms with Crippen molar-refractivity contribution >= 4 is 9.84 Å². The van der Waals surface area contributed by atoms with Gasteiger partial charge in [-0.2, -0.15) is 0 Å². The Hall–Kier alpha value is -0.130. The van der Waals surface area contributed by atoms with Crippen LogP contribution in [0, 0.1) is 0 Å². The lowest BCUT2D eigenvalue weighted by atomic mass is 10.3. The van der Waals surface area contributed by atoms with Crippen LogP contribution in [-0.2, 0) is 19.3 Å². The van der Waals surface area contributed by atoms with E-state index in [4.69, 9.17) is 9.47 Å². The molecule has 0 aromatic heterocycles. The van der Waals surface area contributed by atoms with Gasteiger partial charge in [-0.3, -0.25) is 0 Å². The summed E-state index contributed by atoms with van der Waals surface area (Å²) in [6.07, 6.45) is 1.54. The normalized spacial score (nSPS) is 27.7. The van der Waals surface area contributed by atoms with Gasteiger partial charge in [0.05, 0.1) is 23.7 Å². The fraction of sp³-hybridized carbons (Fsp3) is 1.00. The molecule has 2 unspecified atom stereocenters. The summed E-state index contributed by atoms with van der Waals surface area (Å²) in [5.74, 6) is 0.464. The zero-order valence-corrected chi connectivity index (χ0v) is 9.55. The summed E-state index contributed by atoms with van der Waals surface area (Å²) in [6, 6.07) is 0. The summed E-state index contributed by atoms with van der Waals surface area (Å²) in [4.78, 5) is 0. The maximum absolute atomic E-state index is 11.1. The van der Waals surface area contributed by atoms with E-state index in [1.807, 2.05) is 6.92 Å². The number of rotatable bonds is 5. The molecule has 1 heterocycles. The molecule has 0 aromatic rings. The largest absolute Gasteiger partial charge is 0.382 e. The van der Waals surface area contributed by atoms with Crippen LogP contribution in [0.15, 0.2) is 0 Å². The average Bonchev–Trinajstić information content (AvgIpc) is 2.45. The van der Waals surface area contributed by atoms with Crippen LogP contribution in [-0.4, -0.2) is 45.8 Å². The van der Waals surface area contributed by atoms with E-state index in [2.05, 4.69) is 0 Å². The Labute approximate surface area is 85.5 Å². The molecule has 2 atom stereocenters. The SMILES string of the molecule is COC(C)CCOC1CCS(=O)(=O)C1. The third-order valence-electron chi connectivity index (χ3n) is 2.47. The monoisotopic (exact) mass is 222 g/mol. The van der Waals surface area contributed by atoms with Crippen LogP contribution >= 0.6 is 0 Å². The van der Waals surface area contributed by atoms with Crippen molar-refractivity contribution in [2.75, 3.05) is 25.2 Å². The van der Waals surface area contributed by atoms with Crippen molar-refractivity contribution in [3.8, 4) is 0 Å². The smallest absolute Gasteiger partial charge is 0.152 e. The standard InChI is InChI=1S/C9H18O4S/c1-8(12-2)3-5-13-9-4-6-14(10,11)7-9/h8-9H,3-7H2,1-2H3. The highest BCUT2D eigenvalue weighted by Gasteiger charge is 2.28. The molecule has 84 valence electrons. The molecule has 4 nitrogen and oxygen atoms in total. The van der Waals surface area contributed by atoms with Crippen molar-refractivity contribution in [1.29, 1.82) is 0 Å². The molecule has 0 aromatic carbocycles. The maximum Gasteiger partial charge on any atom is 0.152 e. The molecule has 1 fully saturated rings. The number of hydrogen-bond acceptors (Lipinski definition) is 4. The summed E-state index contributed by atoms with van der Waals surface area (Å²) < 4.78 is 32.7. The molecule has 0 bridgehead atoms. The predicted octanol–water partition coefficient (Wildman–Crippen LogP) is 0.615. The first-order valence-electron chi connectivity index (χ1n) is 4.88. The minimum atomic E-state index is -2.81. The second-order valence-corrected chi connectivity index (χ2v) is 5.96. The Morgan fingerprint density at radius 1 is 1.50 bits per heavy atom. The van der Waals surface area contributed by atoms with Gasteiger partial charge in [0.2, 0.25) is 0 Å². The summed E-state index contributed by atoms with van der Waals surface area (Å²) in [6.45, 7) is 2.55. The van der Waals surface area contributed by atoms with Crippen LogP contribution in [0.3, 0.4) is 0 Å². The van der Waals surface area contributed by atoms with Crippen molar-refractivity contribution in [3.63, 3.8) is 0 Å². The van der Waals surface area contributed by atoms with Gasteiger partial charge in [-0.1, -0.05) is 0 Å². The van der Waals surface area contributed by atoms with Crippen LogP contribution in [0.4, 0.5) is 0 Å². The zero-order chi connectivity index (χ0) is 10.6. The first-order chi connectivity index (χ1) is 6.53. The fourth-order valence-corrected chi connectivity index (χ4v) is 3.03. The molecule has 14 heavy (non-hydrogen) atoms. The predicted molar refractivity (Wildman–Crippen MR) is 54.1 cm³/mol. The molecule has 0 aliphatic carbocycles. The van der Waals surface area contributed by atoms with Gasteiger partial charge in [-0.05, 0) is 19.8 Å². The number of ether oxygens (including phenoxy) is 2. The van der Waals surface area contributed by atoms with E-state index in [0.29, 0.717) is 13.0 Å². The Morgan fingerprint density at radius 2 is 2.21 bits per heavy atom. The lowest BCUT2D eigenvalue weighted by Crippen LogP contribution is -2.17. The Kier molecular flexibility index (Phi) is 4.34. The molecule has 1 rings (SSSR count). The van der Waals surface area contributed by atoms with Crippen molar-refractivity contribution < 1.29 is 17.9 Å². The third kappa shape index (κ3) is 3.94. The molecule has 0 saturated carbocycles. The number of methoxy groups -OCH3 is 1. The summed E-state index contributed by atoms with van der Waals surface area (Å²) >= 11 is 0. The van der Waals surface area contributed by atoms with Crippen LogP contribution < -0.4 is 0 Å². The van der Waals surface area contributed by atoms with Crippen molar-refractivity contribution in [2.24, 2.45) is 0 Å². The van der Waals surface area contributed by atoms with E-state index in [0.717, 1.165) is 6.42 Å². The first kappa shape index (κ1) is 11.9.